The lowest BCUT2D eigenvalue weighted by molar-refractivity contribution is -0.136. The maximum absolute atomic E-state index is 13.1. The lowest BCUT2D eigenvalue weighted by Crippen LogP contribution is -2.51. The van der Waals surface area contributed by atoms with Crippen molar-refractivity contribution in [3.05, 3.63) is 41.6 Å². The largest absolute Gasteiger partial charge is 0.376 e. The number of piperazine rings is 1. The molecule has 2 fully saturated rings. The molecule has 0 spiro atoms. The van der Waals surface area contributed by atoms with Crippen molar-refractivity contribution in [1.29, 1.82) is 0 Å². The molecular formula is C23H30N6O2. The van der Waals surface area contributed by atoms with E-state index in [1.54, 1.807) is 11.1 Å². The maximum Gasteiger partial charge on any atom is 0.228 e. The van der Waals surface area contributed by atoms with Gasteiger partial charge >= 0.3 is 0 Å². The van der Waals surface area contributed by atoms with Crippen LogP contribution in [0, 0.1) is 19.8 Å². The van der Waals surface area contributed by atoms with Gasteiger partial charge in [0, 0.05) is 65.0 Å². The molecule has 8 heteroatoms. The third-order valence-corrected chi connectivity index (χ3v) is 6.34. The number of hydrogen-bond donors (Lipinski definition) is 0. The van der Waals surface area contributed by atoms with E-state index in [1.165, 1.54) is 5.56 Å². The van der Waals surface area contributed by atoms with Gasteiger partial charge in [0.2, 0.25) is 11.8 Å². The number of rotatable bonds is 4. The number of carbonyl (C=O) groups is 2. The van der Waals surface area contributed by atoms with Crippen molar-refractivity contribution in [1.82, 2.24) is 15.1 Å². The number of hydrogen-bond acceptors (Lipinski definition) is 6. The SMILES string of the molecule is Cc1ccc(N2CC(C(=O)N3CCN(c4cc(N(C)C)cnn4)CC3)CC2=O)cc1C. The van der Waals surface area contributed by atoms with Crippen LogP contribution < -0.4 is 14.7 Å². The van der Waals surface area contributed by atoms with Gasteiger partial charge in [-0.25, -0.2) is 0 Å². The van der Waals surface area contributed by atoms with Gasteiger partial charge in [-0.05, 0) is 37.1 Å². The van der Waals surface area contributed by atoms with Crippen molar-refractivity contribution in [3.8, 4) is 0 Å². The summed E-state index contributed by atoms with van der Waals surface area (Å²) in [4.78, 5) is 33.5. The molecule has 4 rings (SSSR count). The van der Waals surface area contributed by atoms with Gasteiger partial charge in [0.25, 0.3) is 0 Å². The Hall–Kier alpha value is -3.16. The van der Waals surface area contributed by atoms with E-state index in [4.69, 9.17) is 0 Å². The third-order valence-electron chi connectivity index (χ3n) is 6.34. The van der Waals surface area contributed by atoms with Crippen LogP contribution in [-0.4, -0.2) is 73.7 Å². The molecule has 2 aliphatic heterocycles. The lowest BCUT2D eigenvalue weighted by Gasteiger charge is -2.36. The first-order chi connectivity index (χ1) is 14.8. The number of amides is 2. The highest BCUT2D eigenvalue weighted by atomic mass is 16.2. The van der Waals surface area contributed by atoms with Crippen LogP contribution in [0.5, 0.6) is 0 Å². The molecule has 2 aromatic rings. The first-order valence-electron chi connectivity index (χ1n) is 10.7. The maximum atomic E-state index is 13.1. The molecular weight excluding hydrogens is 392 g/mol. The minimum Gasteiger partial charge on any atom is -0.376 e. The normalized spacial score (nSPS) is 19.2. The van der Waals surface area contributed by atoms with E-state index in [-0.39, 0.29) is 24.2 Å². The van der Waals surface area contributed by atoms with Crippen LogP contribution in [0.3, 0.4) is 0 Å². The molecule has 31 heavy (non-hydrogen) atoms. The number of carbonyl (C=O) groups excluding carboxylic acids is 2. The molecule has 0 bridgehead atoms. The standard InChI is InChI=1S/C23H30N6O2/c1-16-5-6-19(11-17(16)2)29-15-18(12-22(29)30)23(31)28-9-7-27(8-10-28)21-13-20(26(3)4)14-24-25-21/h5-6,11,13-14,18H,7-10,12,15H2,1-4H3. The number of aromatic nitrogens is 2. The van der Waals surface area contributed by atoms with Crippen LogP contribution in [0.15, 0.2) is 30.5 Å². The highest BCUT2D eigenvalue weighted by molar-refractivity contribution is 6.00. The van der Waals surface area contributed by atoms with Crippen LogP contribution in [0.2, 0.25) is 0 Å². The lowest BCUT2D eigenvalue weighted by atomic mass is 10.1. The number of nitrogens with zero attached hydrogens (tertiary/aromatic N) is 6. The molecule has 2 amide bonds. The molecule has 1 aromatic carbocycles. The number of anilines is 3. The summed E-state index contributed by atoms with van der Waals surface area (Å²) in [6.45, 7) is 7.22. The van der Waals surface area contributed by atoms with Gasteiger partial charge in [-0.3, -0.25) is 9.59 Å². The summed E-state index contributed by atoms with van der Waals surface area (Å²) in [6.07, 6.45) is 2.02. The average molecular weight is 423 g/mol. The zero-order valence-corrected chi connectivity index (χ0v) is 18.7. The van der Waals surface area contributed by atoms with Crippen LogP contribution >= 0.6 is 0 Å². The smallest absolute Gasteiger partial charge is 0.228 e. The fourth-order valence-electron chi connectivity index (χ4n) is 4.17. The molecule has 0 radical (unpaired) electrons. The van der Waals surface area contributed by atoms with E-state index in [9.17, 15) is 9.59 Å². The first-order valence-corrected chi connectivity index (χ1v) is 10.7. The third kappa shape index (κ3) is 4.33. The van der Waals surface area contributed by atoms with Crippen LogP contribution in [0.25, 0.3) is 0 Å². The van der Waals surface area contributed by atoms with Gasteiger partial charge in [0.1, 0.15) is 0 Å². The van der Waals surface area contributed by atoms with E-state index in [1.807, 2.05) is 55.1 Å². The Labute approximate surface area is 183 Å². The minimum atomic E-state index is -0.280. The first kappa shape index (κ1) is 21.1. The molecule has 0 N–H and O–H groups in total. The second-order valence-electron chi connectivity index (χ2n) is 8.65. The van der Waals surface area contributed by atoms with Gasteiger partial charge in [-0.15, -0.1) is 5.10 Å². The van der Waals surface area contributed by atoms with Gasteiger partial charge < -0.3 is 19.6 Å². The zero-order chi connectivity index (χ0) is 22.1. The summed E-state index contributed by atoms with van der Waals surface area (Å²) in [7, 11) is 3.95. The van der Waals surface area contributed by atoms with Crippen molar-refractivity contribution >= 4 is 29.0 Å². The highest BCUT2D eigenvalue weighted by Gasteiger charge is 2.38. The van der Waals surface area contributed by atoms with Gasteiger partial charge in [0.15, 0.2) is 5.82 Å². The van der Waals surface area contributed by atoms with Gasteiger partial charge in [-0.1, -0.05) is 6.07 Å². The summed E-state index contributed by atoms with van der Waals surface area (Å²) < 4.78 is 0. The fourth-order valence-corrected chi connectivity index (χ4v) is 4.17. The highest BCUT2D eigenvalue weighted by Crippen LogP contribution is 2.28. The second-order valence-corrected chi connectivity index (χ2v) is 8.65. The van der Waals surface area contributed by atoms with E-state index in [0.717, 1.165) is 22.8 Å². The van der Waals surface area contributed by atoms with Gasteiger partial charge in [-0.2, -0.15) is 5.10 Å². The average Bonchev–Trinajstić information content (AvgIpc) is 3.17. The van der Waals surface area contributed by atoms with E-state index < -0.39 is 0 Å². The van der Waals surface area contributed by atoms with Crippen molar-refractivity contribution in [2.75, 3.05) is 61.5 Å². The molecule has 3 heterocycles. The van der Waals surface area contributed by atoms with Crippen LogP contribution in [-0.2, 0) is 9.59 Å². The van der Waals surface area contributed by atoms with E-state index in [0.29, 0.717) is 32.7 Å². The van der Waals surface area contributed by atoms with Crippen LogP contribution in [0.4, 0.5) is 17.2 Å². The minimum absolute atomic E-state index is 0.0241. The van der Waals surface area contributed by atoms with Crippen molar-refractivity contribution in [2.24, 2.45) is 5.92 Å². The Morgan fingerprint density at radius 1 is 1.06 bits per heavy atom. The summed E-state index contributed by atoms with van der Waals surface area (Å²) in [5.74, 6) is 0.649. The van der Waals surface area contributed by atoms with Gasteiger partial charge in [0.05, 0.1) is 17.8 Å². The quantitative estimate of drug-likeness (QED) is 0.749. The van der Waals surface area contributed by atoms with Crippen LogP contribution in [0.1, 0.15) is 17.5 Å². The molecule has 1 unspecified atom stereocenters. The Kier molecular flexibility index (Phi) is 5.80. The monoisotopic (exact) mass is 422 g/mol. The van der Waals surface area contributed by atoms with E-state index >= 15 is 0 Å². The molecule has 1 atom stereocenters. The summed E-state index contributed by atoms with van der Waals surface area (Å²) in [5, 5.41) is 8.35. The Morgan fingerprint density at radius 2 is 1.81 bits per heavy atom. The topological polar surface area (TPSA) is 72.9 Å². The molecule has 1 aromatic heterocycles. The zero-order valence-electron chi connectivity index (χ0n) is 18.7. The molecule has 2 aliphatic rings. The molecule has 2 saturated heterocycles. The Bertz CT molecular complexity index is 984. The summed E-state index contributed by atoms with van der Waals surface area (Å²) in [6, 6.07) is 8.04. The summed E-state index contributed by atoms with van der Waals surface area (Å²) >= 11 is 0. The van der Waals surface area contributed by atoms with Crippen molar-refractivity contribution < 1.29 is 9.59 Å². The fraction of sp³-hybridized carbons (Fsp3) is 0.478. The number of benzene rings is 1. The predicted octanol–water partition coefficient (Wildman–Crippen LogP) is 1.86. The molecule has 164 valence electrons. The Morgan fingerprint density at radius 3 is 2.48 bits per heavy atom. The van der Waals surface area contributed by atoms with E-state index in [2.05, 4.69) is 22.0 Å². The predicted molar refractivity (Wildman–Crippen MR) is 122 cm³/mol. The van der Waals surface area contributed by atoms with Crippen molar-refractivity contribution in [3.63, 3.8) is 0 Å². The number of aryl methyl sites for hydroxylation is 2. The molecule has 0 aliphatic carbocycles. The molecule has 8 nitrogen and oxygen atoms in total. The van der Waals surface area contributed by atoms with Crippen molar-refractivity contribution in [2.45, 2.75) is 20.3 Å². The summed E-state index contributed by atoms with van der Waals surface area (Å²) in [5.41, 5.74) is 4.23. The second kappa shape index (κ2) is 8.53. The Balaban J connectivity index is 1.37. The molecule has 0 saturated carbocycles.